The third-order valence-corrected chi connectivity index (χ3v) is 4.24. The fourth-order valence-electron chi connectivity index (χ4n) is 2.93. The fourth-order valence-corrected chi connectivity index (χ4v) is 2.93. The Kier molecular flexibility index (Phi) is 12.2. The Bertz CT molecular complexity index is 613. The molecule has 1 heterocycles. The summed E-state index contributed by atoms with van der Waals surface area (Å²) in [6.07, 6.45) is 2.05. The topological polar surface area (TPSA) is 73.3 Å². The number of nitrogens with one attached hydrogen (secondary N) is 2. The molecule has 0 saturated carbocycles. The summed E-state index contributed by atoms with van der Waals surface area (Å²) in [5.41, 5.74) is 2.28. The zero-order valence-corrected chi connectivity index (χ0v) is 19.7. The number of benzene rings is 1. The third kappa shape index (κ3) is 8.00. The van der Waals surface area contributed by atoms with Crippen LogP contribution < -0.4 is 20.1 Å². The minimum absolute atomic E-state index is 0. The number of nitrogens with zero attached hydrogens (tertiary/aromatic N) is 1. The highest BCUT2D eigenvalue weighted by molar-refractivity contribution is 14.0. The molecule has 1 aliphatic rings. The molecule has 1 aromatic carbocycles. The first-order valence-electron chi connectivity index (χ1n) is 9.64. The summed E-state index contributed by atoms with van der Waals surface area (Å²) in [6.45, 7) is 8.08. The number of rotatable bonds is 11. The summed E-state index contributed by atoms with van der Waals surface area (Å²) in [4.78, 5) is 4.27. The summed E-state index contributed by atoms with van der Waals surface area (Å²) >= 11 is 0. The molecule has 1 aromatic rings. The Morgan fingerprint density at radius 1 is 1.25 bits per heavy atom. The van der Waals surface area contributed by atoms with Crippen LogP contribution in [0.25, 0.3) is 0 Å². The quantitative estimate of drug-likeness (QED) is 0.208. The van der Waals surface area contributed by atoms with Gasteiger partial charge in [0.25, 0.3) is 0 Å². The van der Waals surface area contributed by atoms with Gasteiger partial charge in [-0.15, -0.1) is 24.0 Å². The molecule has 0 saturated heterocycles. The van der Waals surface area contributed by atoms with Gasteiger partial charge >= 0.3 is 0 Å². The summed E-state index contributed by atoms with van der Waals surface area (Å²) in [6, 6.07) is 4.18. The summed E-state index contributed by atoms with van der Waals surface area (Å²) in [5.74, 6) is 2.62. The number of halogens is 1. The average molecular weight is 507 g/mol. The van der Waals surface area contributed by atoms with E-state index in [4.69, 9.17) is 18.9 Å². The zero-order chi connectivity index (χ0) is 19.5. The number of guanidine groups is 1. The maximum absolute atomic E-state index is 5.88. The van der Waals surface area contributed by atoms with E-state index < -0.39 is 0 Å². The van der Waals surface area contributed by atoms with Crippen LogP contribution in [0, 0.1) is 0 Å². The average Bonchev–Trinajstić information content (AvgIpc) is 3.02. The second-order valence-corrected chi connectivity index (χ2v) is 6.44. The molecule has 1 unspecified atom stereocenters. The van der Waals surface area contributed by atoms with Crippen LogP contribution in [0.1, 0.15) is 31.4 Å². The number of fused-ring (bicyclic) bond motifs is 1. The van der Waals surface area contributed by atoms with Gasteiger partial charge in [-0.2, -0.15) is 0 Å². The third-order valence-electron chi connectivity index (χ3n) is 4.24. The van der Waals surface area contributed by atoms with E-state index in [1.165, 1.54) is 5.56 Å². The summed E-state index contributed by atoms with van der Waals surface area (Å²) in [5, 5.41) is 6.64. The first-order chi connectivity index (χ1) is 13.2. The lowest BCUT2D eigenvalue weighted by atomic mass is 10.1. The van der Waals surface area contributed by atoms with Crippen molar-refractivity contribution >= 4 is 29.9 Å². The minimum Gasteiger partial charge on any atom is -0.494 e. The van der Waals surface area contributed by atoms with Crippen molar-refractivity contribution < 1.29 is 18.9 Å². The van der Waals surface area contributed by atoms with Crippen molar-refractivity contribution in [3.05, 3.63) is 23.3 Å². The maximum atomic E-state index is 5.88. The van der Waals surface area contributed by atoms with Gasteiger partial charge in [-0.1, -0.05) is 0 Å². The Labute approximate surface area is 185 Å². The summed E-state index contributed by atoms with van der Waals surface area (Å²) in [7, 11) is 3.44. The Hall–Kier alpha value is -1.26. The molecule has 7 nitrogen and oxygen atoms in total. The van der Waals surface area contributed by atoms with Crippen LogP contribution in [-0.4, -0.2) is 59.2 Å². The monoisotopic (exact) mass is 507 g/mol. The van der Waals surface area contributed by atoms with Gasteiger partial charge in [-0.05, 0) is 32.4 Å². The van der Waals surface area contributed by atoms with Crippen molar-refractivity contribution in [2.75, 3.05) is 47.1 Å². The predicted molar refractivity (Wildman–Crippen MR) is 122 cm³/mol. The molecule has 0 fully saturated rings. The lowest BCUT2D eigenvalue weighted by molar-refractivity contribution is 0.0698. The van der Waals surface area contributed by atoms with E-state index in [1.807, 2.05) is 6.92 Å². The molecule has 28 heavy (non-hydrogen) atoms. The highest BCUT2D eigenvalue weighted by atomic mass is 127. The van der Waals surface area contributed by atoms with Crippen molar-refractivity contribution in [3.63, 3.8) is 0 Å². The van der Waals surface area contributed by atoms with Gasteiger partial charge in [-0.3, -0.25) is 4.99 Å². The molecular formula is C20H34IN3O4. The molecule has 0 spiro atoms. The second-order valence-electron chi connectivity index (χ2n) is 6.44. The van der Waals surface area contributed by atoms with E-state index in [9.17, 15) is 0 Å². The van der Waals surface area contributed by atoms with Crippen LogP contribution in [0.3, 0.4) is 0 Å². The second kappa shape index (κ2) is 13.8. The van der Waals surface area contributed by atoms with Gasteiger partial charge < -0.3 is 29.6 Å². The fraction of sp³-hybridized carbons (Fsp3) is 0.650. The Morgan fingerprint density at radius 3 is 2.79 bits per heavy atom. The van der Waals surface area contributed by atoms with Gasteiger partial charge in [0.1, 0.15) is 17.6 Å². The van der Waals surface area contributed by atoms with Gasteiger partial charge in [0.2, 0.25) is 0 Å². The van der Waals surface area contributed by atoms with E-state index >= 15 is 0 Å². The van der Waals surface area contributed by atoms with Gasteiger partial charge in [0.05, 0.1) is 19.8 Å². The molecule has 0 radical (unpaired) electrons. The first-order valence-corrected chi connectivity index (χ1v) is 9.64. The number of aliphatic imine (C=N–C) groups is 1. The van der Waals surface area contributed by atoms with Gasteiger partial charge in [0, 0.05) is 51.4 Å². The van der Waals surface area contributed by atoms with E-state index in [-0.39, 0.29) is 30.1 Å². The molecule has 0 aromatic heterocycles. The Balaban J connectivity index is 0.00000392. The predicted octanol–water partition coefficient (Wildman–Crippen LogP) is 2.74. The highest BCUT2D eigenvalue weighted by Crippen LogP contribution is 2.35. The van der Waals surface area contributed by atoms with Crippen molar-refractivity contribution in [2.24, 2.45) is 4.99 Å². The molecule has 8 heteroatoms. The van der Waals surface area contributed by atoms with Gasteiger partial charge in [0.15, 0.2) is 5.96 Å². The molecule has 0 amide bonds. The molecule has 1 atom stereocenters. The normalized spacial score (nSPS) is 15.4. The van der Waals surface area contributed by atoms with Crippen LogP contribution in [0.5, 0.6) is 11.5 Å². The molecule has 2 rings (SSSR count). The molecule has 0 bridgehead atoms. The van der Waals surface area contributed by atoms with E-state index in [0.29, 0.717) is 33.0 Å². The van der Waals surface area contributed by atoms with Crippen LogP contribution in [-0.2, 0) is 22.4 Å². The number of hydrogen-bond donors (Lipinski definition) is 2. The highest BCUT2D eigenvalue weighted by Gasteiger charge is 2.21. The number of hydrogen-bond acceptors (Lipinski definition) is 5. The molecule has 160 valence electrons. The zero-order valence-electron chi connectivity index (χ0n) is 17.4. The lowest BCUT2D eigenvalue weighted by Gasteiger charge is -2.15. The van der Waals surface area contributed by atoms with E-state index in [1.54, 1.807) is 14.2 Å². The van der Waals surface area contributed by atoms with Gasteiger partial charge in [-0.25, -0.2) is 0 Å². The van der Waals surface area contributed by atoms with Crippen molar-refractivity contribution in [3.8, 4) is 11.5 Å². The Morgan fingerprint density at radius 2 is 2.07 bits per heavy atom. The summed E-state index contributed by atoms with van der Waals surface area (Å²) < 4.78 is 22.1. The van der Waals surface area contributed by atoms with Crippen molar-refractivity contribution in [1.29, 1.82) is 0 Å². The van der Waals surface area contributed by atoms with Crippen LogP contribution in [0.4, 0.5) is 0 Å². The number of methoxy groups -OCH3 is 1. The molecular weight excluding hydrogens is 473 g/mol. The number of ether oxygens (including phenoxy) is 4. The van der Waals surface area contributed by atoms with Crippen molar-refractivity contribution in [2.45, 2.75) is 39.3 Å². The molecule has 2 N–H and O–H groups in total. The van der Waals surface area contributed by atoms with Crippen LogP contribution in [0.15, 0.2) is 17.1 Å². The van der Waals surface area contributed by atoms with E-state index in [0.717, 1.165) is 42.4 Å². The van der Waals surface area contributed by atoms with E-state index in [2.05, 4.69) is 34.7 Å². The van der Waals surface area contributed by atoms with Crippen LogP contribution >= 0.6 is 24.0 Å². The molecule has 1 aliphatic heterocycles. The largest absolute Gasteiger partial charge is 0.494 e. The van der Waals surface area contributed by atoms with Crippen LogP contribution in [0.2, 0.25) is 0 Å². The smallest absolute Gasteiger partial charge is 0.191 e. The maximum Gasteiger partial charge on any atom is 0.191 e. The minimum atomic E-state index is 0. The SMILES string of the molecule is CCOc1cc2c(cc1CNC(=NC)NCCCOCCOC)OC(C)C2.I. The molecule has 0 aliphatic carbocycles. The van der Waals surface area contributed by atoms with Crippen molar-refractivity contribution in [1.82, 2.24) is 10.6 Å². The first kappa shape index (κ1) is 24.8. The lowest BCUT2D eigenvalue weighted by Crippen LogP contribution is -2.37. The standard InChI is InChI=1S/C20H33N3O4.HI/c1-5-26-18-12-16-11-15(2)27-19(16)13-17(18)14-23-20(21-3)22-7-6-8-25-10-9-24-4;/h12-13,15H,5-11,14H2,1-4H3,(H2,21,22,23);1H.